The number of para-hydroxylation sites is 2. The van der Waals surface area contributed by atoms with Gasteiger partial charge in [0.1, 0.15) is 12.3 Å². The van der Waals surface area contributed by atoms with E-state index >= 15 is 0 Å². The number of imidazole rings is 1. The van der Waals surface area contributed by atoms with Crippen molar-refractivity contribution in [1.29, 1.82) is 0 Å². The summed E-state index contributed by atoms with van der Waals surface area (Å²) in [5, 5.41) is 0.667. The number of hydrogen-bond donors (Lipinski definition) is 0. The number of nitrogens with zero attached hydrogens (tertiary/aromatic N) is 3. The lowest BCUT2D eigenvalue weighted by Crippen LogP contribution is -2.35. The molecule has 1 unspecified atom stereocenters. The minimum atomic E-state index is -0.305. The Labute approximate surface area is 176 Å². The Morgan fingerprint density at radius 1 is 1.07 bits per heavy atom. The van der Waals surface area contributed by atoms with E-state index < -0.39 is 0 Å². The van der Waals surface area contributed by atoms with Crippen LogP contribution in [-0.2, 0) is 11.3 Å². The van der Waals surface area contributed by atoms with E-state index in [9.17, 15) is 4.79 Å². The quantitative estimate of drug-likeness (QED) is 0.577. The van der Waals surface area contributed by atoms with Crippen LogP contribution < -0.4 is 4.74 Å². The molecule has 5 nitrogen and oxygen atoms in total. The highest BCUT2D eigenvalue weighted by Crippen LogP contribution is 2.26. The predicted molar refractivity (Wildman–Crippen MR) is 115 cm³/mol. The molecular formula is C23H26ClN3O2. The Kier molecular flexibility index (Phi) is 6.05. The van der Waals surface area contributed by atoms with Crippen LogP contribution in [0.4, 0.5) is 0 Å². The van der Waals surface area contributed by atoms with Crippen LogP contribution in [0.25, 0.3) is 11.0 Å². The SMILES string of the molecule is CC(Oc1ccc(Cl)cc1)c1nc2ccccc2n1CC(=O)N1CCCCCC1. The van der Waals surface area contributed by atoms with Crippen LogP contribution in [0.5, 0.6) is 5.75 Å². The number of amides is 1. The molecule has 0 aliphatic carbocycles. The molecule has 0 saturated carbocycles. The summed E-state index contributed by atoms with van der Waals surface area (Å²) in [5.41, 5.74) is 1.83. The Hall–Kier alpha value is -2.53. The number of halogens is 1. The van der Waals surface area contributed by atoms with E-state index in [4.69, 9.17) is 21.3 Å². The molecule has 1 aliphatic rings. The van der Waals surface area contributed by atoms with E-state index in [2.05, 4.69) is 0 Å². The second-order valence-corrected chi connectivity index (χ2v) is 7.99. The fourth-order valence-corrected chi connectivity index (χ4v) is 4.02. The van der Waals surface area contributed by atoms with E-state index in [0.29, 0.717) is 5.02 Å². The molecule has 152 valence electrons. The monoisotopic (exact) mass is 411 g/mol. The van der Waals surface area contributed by atoms with Crippen molar-refractivity contribution in [2.75, 3.05) is 13.1 Å². The Bertz CT molecular complexity index is 975. The second kappa shape index (κ2) is 8.87. The largest absolute Gasteiger partial charge is 0.483 e. The van der Waals surface area contributed by atoms with Gasteiger partial charge in [0, 0.05) is 18.1 Å². The fraction of sp³-hybridized carbons (Fsp3) is 0.391. The number of aromatic nitrogens is 2. The molecule has 1 aromatic heterocycles. The van der Waals surface area contributed by atoms with Crippen molar-refractivity contribution < 1.29 is 9.53 Å². The van der Waals surface area contributed by atoms with E-state index in [-0.39, 0.29) is 18.6 Å². The summed E-state index contributed by atoms with van der Waals surface area (Å²) >= 11 is 5.97. The molecule has 0 bridgehead atoms. The van der Waals surface area contributed by atoms with Gasteiger partial charge in [-0.05, 0) is 56.2 Å². The molecule has 2 heterocycles. The predicted octanol–water partition coefficient (Wildman–Crippen LogP) is 5.23. The molecule has 1 amide bonds. The van der Waals surface area contributed by atoms with Crippen LogP contribution in [-0.4, -0.2) is 33.4 Å². The van der Waals surface area contributed by atoms with Gasteiger partial charge in [0.05, 0.1) is 11.0 Å². The number of hydrogen-bond acceptors (Lipinski definition) is 3. The molecule has 1 saturated heterocycles. The number of fused-ring (bicyclic) bond motifs is 1. The third kappa shape index (κ3) is 4.56. The first-order valence-electron chi connectivity index (χ1n) is 10.3. The van der Waals surface area contributed by atoms with Crippen molar-refractivity contribution in [3.63, 3.8) is 0 Å². The van der Waals surface area contributed by atoms with E-state index in [1.54, 1.807) is 12.1 Å². The number of rotatable bonds is 5. The van der Waals surface area contributed by atoms with E-state index in [1.807, 2.05) is 52.8 Å². The van der Waals surface area contributed by atoms with Crippen LogP contribution in [0.15, 0.2) is 48.5 Å². The van der Waals surface area contributed by atoms with Gasteiger partial charge in [-0.15, -0.1) is 0 Å². The van der Waals surface area contributed by atoms with Gasteiger partial charge in [-0.25, -0.2) is 4.98 Å². The van der Waals surface area contributed by atoms with Crippen LogP contribution in [0, 0.1) is 0 Å². The zero-order chi connectivity index (χ0) is 20.2. The third-order valence-corrected chi connectivity index (χ3v) is 5.68. The van der Waals surface area contributed by atoms with Gasteiger partial charge in [-0.2, -0.15) is 0 Å². The van der Waals surface area contributed by atoms with Crippen molar-refractivity contribution in [1.82, 2.24) is 14.5 Å². The zero-order valence-electron chi connectivity index (χ0n) is 16.7. The highest BCUT2D eigenvalue weighted by atomic mass is 35.5. The summed E-state index contributed by atoms with van der Waals surface area (Å²) in [7, 11) is 0. The molecule has 1 fully saturated rings. The average Bonchev–Trinajstić information content (AvgIpc) is 2.90. The maximum Gasteiger partial charge on any atom is 0.242 e. The summed E-state index contributed by atoms with van der Waals surface area (Å²) in [6.07, 6.45) is 4.27. The standard InChI is InChI=1S/C23H26ClN3O2/c1-17(29-19-12-10-18(24)11-13-19)23-25-20-8-4-5-9-21(20)27(23)16-22(28)26-14-6-2-3-7-15-26/h4-5,8-13,17H,2-3,6-7,14-16H2,1H3. The molecule has 0 spiro atoms. The number of carbonyl (C=O) groups is 1. The Morgan fingerprint density at radius 2 is 1.76 bits per heavy atom. The number of carbonyl (C=O) groups excluding carboxylic acids is 1. The maximum atomic E-state index is 13.1. The first-order chi connectivity index (χ1) is 14.1. The summed E-state index contributed by atoms with van der Waals surface area (Å²) < 4.78 is 8.11. The van der Waals surface area contributed by atoms with Crippen molar-refractivity contribution in [3.8, 4) is 5.75 Å². The summed E-state index contributed by atoms with van der Waals surface area (Å²) in [4.78, 5) is 19.8. The smallest absolute Gasteiger partial charge is 0.242 e. The summed E-state index contributed by atoms with van der Waals surface area (Å²) in [6, 6.07) is 15.2. The first-order valence-corrected chi connectivity index (χ1v) is 10.6. The van der Waals surface area contributed by atoms with Crippen LogP contribution in [0.3, 0.4) is 0 Å². The molecule has 0 radical (unpaired) electrons. The van der Waals surface area contributed by atoms with Gasteiger partial charge < -0.3 is 14.2 Å². The molecular weight excluding hydrogens is 386 g/mol. The van der Waals surface area contributed by atoms with Gasteiger partial charge in [-0.3, -0.25) is 4.79 Å². The normalized spacial score (nSPS) is 15.9. The van der Waals surface area contributed by atoms with E-state index in [0.717, 1.165) is 48.5 Å². The molecule has 2 aromatic carbocycles. The van der Waals surface area contributed by atoms with Gasteiger partial charge in [0.15, 0.2) is 11.9 Å². The van der Waals surface area contributed by atoms with Crippen molar-refractivity contribution in [2.45, 2.75) is 45.3 Å². The summed E-state index contributed by atoms with van der Waals surface area (Å²) in [6.45, 7) is 3.93. The lowest BCUT2D eigenvalue weighted by Gasteiger charge is -2.22. The van der Waals surface area contributed by atoms with Crippen molar-refractivity contribution in [2.24, 2.45) is 0 Å². The third-order valence-electron chi connectivity index (χ3n) is 5.43. The van der Waals surface area contributed by atoms with E-state index in [1.165, 1.54) is 12.8 Å². The molecule has 0 N–H and O–H groups in total. The number of ether oxygens (including phenoxy) is 1. The fourth-order valence-electron chi connectivity index (χ4n) is 3.90. The van der Waals surface area contributed by atoms with Gasteiger partial charge in [-0.1, -0.05) is 36.6 Å². The second-order valence-electron chi connectivity index (χ2n) is 7.55. The minimum absolute atomic E-state index is 0.148. The molecule has 4 rings (SSSR count). The Morgan fingerprint density at radius 3 is 2.48 bits per heavy atom. The number of benzene rings is 2. The maximum absolute atomic E-state index is 13.1. The lowest BCUT2D eigenvalue weighted by atomic mass is 10.2. The van der Waals surface area contributed by atoms with Crippen molar-refractivity contribution in [3.05, 3.63) is 59.4 Å². The zero-order valence-corrected chi connectivity index (χ0v) is 17.4. The highest BCUT2D eigenvalue weighted by Gasteiger charge is 2.22. The van der Waals surface area contributed by atoms with Crippen molar-refractivity contribution >= 4 is 28.5 Å². The molecule has 1 aliphatic heterocycles. The summed E-state index contributed by atoms with van der Waals surface area (Å²) in [5.74, 6) is 1.62. The minimum Gasteiger partial charge on any atom is -0.483 e. The molecule has 3 aromatic rings. The number of likely N-dealkylation sites (tertiary alicyclic amines) is 1. The van der Waals surface area contributed by atoms with Crippen LogP contribution in [0.1, 0.15) is 44.5 Å². The van der Waals surface area contributed by atoms with Crippen LogP contribution >= 0.6 is 11.6 Å². The van der Waals surface area contributed by atoms with Gasteiger partial charge in [0.2, 0.25) is 5.91 Å². The lowest BCUT2D eigenvalue weighted by molar-refractivity contribution is -0.131. The average molecular weight is 412 g/mol. The van der Waals surface area contributed by atoms with Gasteiger partial charge in [0.25, 0.3) is 0 Å². The Balaban J connectivity index is 1.61. The molecule has 6 heteroatoms. The first kappa shape index (κ1) is 19.8. The van der Waals surface area contributed by atoms with Crippen LogP contribution in [0.2, 0.25) is 5.02 Å². The molecule has 29 heavy (non-hydrogen) atoms. The highest BCUT2D eigenvalue weighted by molar-refractivity contribution is 6.30. The van der Waals surface area contributed by atoms with Gasteiger partial charge >= 0.3 is 0 Å². The topological polar surface area (TPSA) is 47.4 Å². The molecule has 1 atom stereocenters.